The second kappa shape index (κ2) is 7.81. The zero-order valence-corrected chi connectivity index (χ0v) is 16.8. The third kappa shape index (κ3) is 3.85. The maximum atomic E-state index is 13.5. The fourth-order valence-electron chi connectivity index (χ4n) is 3.80. The molecule has 7 nitrogen and oxygen atoms in total. The molecule has 1 saturated heterocycles. The van der Waals surface area contributed by atoms with E-state index in [0.717, 1.165) is 12.1 Å². The number of fused-ring (bicyclic) bond motifs is 1. The van der Waals surface area contributed by atoms with Gasteiger partial charge in [-0.15, -0.1) is 0 Å². The third-order valence-electron chi connectivity index (χ3n) is 5.50. The van der Waals surface area contributed by atoms with Crippen molar-refractivity contribution in [2.45, 2.75) is 13.1 Å². The highest BCUT2D eigenvalue weighted by atomic mass is 19.4. The lowest BCUT2D eigenvalue weighted by molar-refractivity contribution is -0.384. The van der Waals surface area contributed by atoms with E-state index in [0.29, 0.717) is 22.6 Å². The maximum Gasteiger partial charge on any atom is 0.416 e. The van der Waals surface area contributed by atoms with Gasteiger partial charge in [0.15, 0.2) is 5.76 Å². The normalized spacial score (nSPS) is 14.8. The number of amides is 1. The smallest absolute Gasteiger partial charge is 0.416 e. The van der Waals surface area contributed by atoms with Crippen LogP contribution in [0.15, 0.2) is 40.8 Å². The van der Waals surface area contributed by atoms with E-state index in [1.165, 1.54) is 23.1 Å². The quantitative estimate of drug-likeness (QED) is 0.326. The molecule has 1 fully saturated rings. The summed E-state index contributed by atoms with van der Waals surface area (Å²) < 4.78 is 57.9. The minimum Gasteiger partial charge on any atom is -0.451 e. The number of hydrogen-bond donors (Lipinski definition) is 0. The zero-order valence-electron chi connectivity index (χ0n) is 16.8. The van der Waals surface area contributed by atoms with Gasteiger partial charge in [0, 0.05) is 43.2 Å². The van der Waals surface area contributed by atoms with Crippen LogP contribution < -0.4 is 4.90 Å². The second-order valence-electron chi connectivity index (χ2n) is 7.43. The van der Waals surface area contributed by atoms with Crippen LogP contribution in [0.4, 0.5) is 28.9 Å². The number of carbonyl (C=O) groups excluding carboxylic acids is 1. The largest absolute Gasteiger partial charge is 0.451 e. The molecule has 4 rings (SSSR count). The number of carbonyl (C=O) groups is 1. The van der Waals surface area contributed by atoms with Gasteiger partial charge >= 0.3 is 6.18 Å². The number of piperazine rings is 1. The van der Waals surface area contributed by atoms with E-state index in [1.807, 2.05) is 0 Å². The molecule has 0 spiro atoms. The molecule has 0 aliphatic carbocycles. The highest BCUT2D eigenvalue weighted by Gasteiger charge is 2.35. The van der Waals surface area contributed by atoms with Gasteiger partial charge in [0.05, 0.1) is 10.5 Å². The first-order valence-corrected chi connectivity index (χ1v) is 9.65. The van der Waals surface area contributed by atoms with Crippen LogP contribution in [-0.2, 0) is 6.18 Å². The van der Waals surface area contributed by atoms with E-state index in [9.17, 15) is 32.5 Å². The number of benzene rings is 2. The summed E-state index contributed by atoms with van der Waals surface area (Å²) in [6.07, 6.45) is -4.69. The van der Waals surface area contributed by atoms with Crippen molar-refractivity contribution in [3.63, 3.8) is 0 Å². The summed E-state index contributed by atoms with van der Waals surface area (Å²) in [7, 11) is 0. The Balaban J connectivity index is 1.53. The molecule has 1 aliphatic rings. The van der Waals surface area contributed by atoms with Crippen molar-refractivity contribution in [1.29, 1.82) is 0 Å². The molecule has 3 aromatic rings. The predicted octanol–water partition coefficient (Wildman–Crippen LogP) is 4.77. The van der Waals surface area contributed by atoms with E-state index in [2.05, 4.69) is 0 Å². The Hall–Kier alpha value is -3.63. The van der Waals surface area contributed by atoms with E-state index in [1.54, 1.807) is 11.8 Å². The monoisotopic (exact) mass is 451 g/mol. The molecule has 0 unspecified atom stereocenters. The van der Waals surface area contributed by atoms with Gasteiger partial charge in [-0.05, 0) is 37.3 Å². The van der Waals surface area contributed by atoms with E-state index in [-0.39, 0.29) is 37.6 Å². The Bertz CT molecular complexity index is 1210. The van der Waals surface area contributed by atoms with Gasteiger partial charge in [-0.3, -0.25) is 14.9 Å². The van der Waals surface area contributed by atoms with Crippen LogP contribution in [-0.4, -0.2) is 41.9 Å². The molecule has 32 heavy (non-hydrogen) atoms. The Morgan fingerprint density at radius 2 is 1.78 bits per heavy atom. The Labute approximate surface area is 179 Å². The predicted molar refractivity (Wildman–Crippen MR) is 107 cm³/mol. The molecular formula is C21H17F4N3O4. The Morgan fingerprint density at radius 3 is 2.41 bits per heavy atom. The number of alkyl halides is 3. The maximum absolute atomic E-state index is 13.5. The highest BCUT2D eigenvalue weighted by Crippen LogP contribution is 2.37. The molecule has 0 atom stereocenters. The molecule has 2 heterocycles. The van der Waals surface area contributed by atoms with Crippen LogP contribution in [0.25, 0.3) is 11.0 Å². The molecule has 1 aliphatic heterocycles. The number of halogens is 4. The second-order valence-corrected chi connectivity index (χ2v) is 7.43. The number of anilines is 1. The number of aryl methyl sites for hydroxylation is 1. The van der Waals surface area contributed by atoms with Gasteiger partial charge in [0.1, 0.15) is 17.1 Å². The first-order chi connectivity index (χ1) is 15.1. The first-order valence-electron chi connectivity index (χ1n) is 9.65. The number of hydrogen-bond acceptors (Lipinski definition) is 5. The number of furan rings is 1. The first kappa shape index (κ1) is 21.6. The fourth-order valence-corrected chi connectivity index (χ4v) is 3.80. The van der Waals surface area contributed by atoms with E-state index < -0.39 is 34.1 Å². The minimum atomic E-state index is -4.69. The Kier molecular flexibility index (Phi) is 5.27. The summed E-state index contributed by atoms with van der Waals surface area (Å²) in [6.45, 7) is 2.39. The van der Waals surface area contributed by atoms with Gasteiger partial charge in [0.25, 0.3) is 11.6 Å². The van der Waals surface area contributed by atoms with E-state index >= 15 is 0 Å². The van der Waals surface area contributed by atoms with Crippen molar-refractivity contribution >= 4 is 28.3 Å². The van der Waals surface area contributed by atoms with Gasteiger partial charge in [-0.2, -0.15) is 13.2 Å². The Morgan fingerprint density at radius 1 is 1.09 bits per heavy atom. The van der Waals surface area contributed by atoms with Gasteiger partial charge in [0.2, 0.25) is 0 Å². The highest BCUT2D eigenvalue weighted by molar-refractivity contribution is 5.99. The number of nitro groups is 1. The molecule has 0 bridgehead atoms. The molecule has 2 aromatic carbocycles. The fraction of sp³-hybridized carbons (Fsp3) is 0.286. The van der Waals surface area contributed by atoms with Crippen LogP contribution >= 0.6 is 0 Å². The van der Waals surface area contributed by atoms with Crippen LogP contribution in [0.2, 0.25) is 0 Å². The topological polar surface area (TPSA) is 79.8 Å². The molecule has 0 radical (unpaired) electrons. The number of nitro benzene ring substituents is 1. The van der Waals surface area contributed by atoms with Crippen LogP contribution in [0.1, 0.15) is 21.7 Å². The number of nitrogens with zero attached hydrogens (tertiary/aromatic N) is 3. The summed E-state index contributed by atoms with van der Waals surface area (Å²) >= 11 is 0. The third-order valence-corrected chi connectivity index (χ3v) is 5.50. The van der Waals surface area contributed by atoms with Crippen molar-refractivity contribution in [3.8, 4) is 0 Å². The van der Waals surface area contributed by atoms with Crippen molar-refractivity contribution in [3.05, 3.63) is 69.2 Å². The molecule has 168 valence electrons. The molecule has 0 N–H and O–H groups in total. The van der Waals surface area contributed by atoms with Crippen LogP contribution in [0.5, 0.6) is 0 Å². The van der Waals surface area contributed by atoms with Crippen molar-refractivity contribution < 1.29 is 31.7 Å². The van der Waals surface area contributed by atoms with Crippen molar-refractivity contribution in [2.75, 3.05) is 31.1 Å². The lowest BCUT2D eigenvalue weighted by atomic mass is 10.1. The minimum absolute atomic E-state index is 0.0606. The zero-order chi connectivity index (χ0) is 23.2. The summed E-state index contributed by atoms with van der Waals surface area (Å²) in [5, 5.41) is 11.8. The number of rotatable bonds is 3. The van der Waals surface area contributed by atoms with Crippen LogP contribution in [0, 0.1) is 22.9 Å². The van der Waals surface area contributed by atoms with Gasteiger partial charge in [-0.25, -0.2) is 4.39 Å². The molecule has 11 heteroatoms. The SMILES string of the molecule is Cc1c(C(=O)N2CCN(c3ccc(C(F)(F)F)cc3[N+](=O)[O-])CC2)oc2ccc(F)cc12. The molecule has 1 amide bonds. The van der Waals surface area contributed by atoms with Crippen molar-refractivity contribution in [2.24, 2.45) is 0 Å². The summed E-state index contributed by atoms with van der Waals surface area (Å²) in [6, 6.07) is 6.36. The molecule has 0 saturated carbocycles. The van der Waals surface area contributed by atoms with Gasteiger partial charge < -0.3 is 14.2 Å². The average Bonchev–Trinajstić information content (AvgIpc) is 3.08. The summed E-state index contributed by atoms with van der Waals surface area (Å²) in [5.41, 5.74) is -0.796. The van der Waals surface area contributed by atoms with Crippen LogP contribution in [0.3, 0.4) is 0 Å². The summed E-state index contributed by atoms with van der Waals surface area (Å²) in [4.78, 5) is 26.5. The van der Waals surface area contributed by atoms with Crippen molar-refractivity contribution in [1.82, 2.24) is 4.90 Å². The lowest BCUT2D eigenvalue weighted by Gasteiger charge is -2.35. The lowest BCUT2D eigenvalue weighted by Crippen LogP contribution is -2.49. The average molecular weight is 451 g/mol. The standard InChI is InChI=1S/C21H17F4N3O4/c1-12-15-11-14(22)3-5-18(15)32-19(12)20(29)27-8-6-26(7-9-27)16-4-2-13(21(23,24)25)10-17(16)28(30)31/h2-5,10-11H,6-9H2,1H3. The van der Waals surface area contributed by atoms with E-state index in [4.69, 9.17) is 4.42 Å². The molecular weight excluding hydrogens is 434 g/mol. The molecule has 1 aromatic heterocycles. The van der Waals surface area contributed by atoms with Gasteiger partial charge in [-0.1, -0.05) is 0 Å². The summed E-state index contributed by atoms with van der Waals surface area (Å²) in [5.74, 6) is -0.771.